The van der Waals surface area contributed by atoms with Crippen molar-refractivity contribution in [3.63, 3.8) is 0 Å². The Balaban J connectivity index is 2.86. The molecule has 10 heteroatoms. The number of hydrogen-bond acceptors (Lipinski definition) is 8. The van der Waals surface area contributed by atoms with Crippen molar-refractivity contribution in [2.75, 3.05) is 12.4 Å². The molecular weight excluding hydrogens is 252 g/mol. The van der Waals surface area contributed by atoms with Crippen LogP contribution in [0.1, 0.15) is 11.9 Å². The monoisotopic (exact) mass is 266 g/mol. The van der Waals surface area contributed by atoms with Gasteiger partial charge in [0.1, 0.15) is 24.4 Å². The lowest BCUT2D eigenvalue weighted by Crippen LogP contribution is -2.43. The van der Waals surface area contributed by atoms with Crippen LogP contribution in [0.15, 0.2) is 0 Å². The van der Waals surface area contributed by atoms with Crippen molar-refractivity contribution in [3.8, 4) is 0 Å². The lowest BCUT2D eigenvalue weighted by molar-refractivity contribution is -0.118. The van der Waals surface area contributed by atoms with Gasteiger partial charge in [-0.1, -0.05) is 0 Å². The fourth-order valence-corrected chi connectivity index (χ4v) is 1.34. The van der Waals surface area contributed by atoms with Gasteiger partial charge in [-0.25, -0.2) is 4.68 Å². The van der Waals surface area contributed by atoms with Crippen molar-refractivity contribution >= 4 is 12.2 Å². The van der Waals surface area contributed by atoms with Gasteiger partial charge in [0.15, 0.2) is 5.82 Å². The molecule has 0 aliphatic heterocycles. The quantitative estimate of drug-likeness (QED) is 0.216. The highest BCUT2D eigenvalue weighted by molar-refractivity contribution is 7.71. The topological polar surface area (TPSA) is 161 Å². The van der Waals surface area contributed by atoms with E-state index in [2.05, 4.69) is 10.2 Å². The van der Waals surface area contributed by atoms with Gasteiger partial charge in [-0.3, -0.25) is 5.10 Å². The van der Waals surface area contributed by atoms with E-state index >= 15 is 0 Å². The summed E-state index contributed by atoms with van der Waals surface area (Å²) in [6, 6.07) is 0. The molecule has 0 amide bonds. The maximum atomic E-state index is 9.67. The number of nitrogens with one attached hydrogen (secondary N) is 1. The first-order valence-corrected chi connectivity index (χ1v) is 5.06. The van der Waals surface area contributed by atoms with Gasteiger partial charge in [0.25, 0.3) is 0 Å². The van der Waals surface area contributed by atoms with Gasteiger partial charge in [0, 0.05) is 0 Å². The molecular formula is C7H14N4O5S. The zero-order valence-corrected chi connectivity index (χ0v) is 9.45. The zero-order valence-electron chi connectivity index (χ0n) is 8.63. The Kier molecular flexibility index (Phi) is 4.56. The normalized spacial score (nSPS) is 18.6. The summed E-state index contributed by atoms with van der Waals surface area (Å²) in [6.45, 7) is -0.763. The third kappa shape index (κ3) is 2.80. The highest BCUT2D eigenvalue weighted by Crippen LogP contribution is 2.17. The van der Waals surface area contributed by atoms with Gasteiger partial charge in [0.2, 0.25) is 4.77 Å². The van der Waals surface area contributed by atoms with Gasteiger partial charge in [-0.15, -0.1) is 0 Å². The first-order valence-electron chi connectivity index (χ1n) is 4.65. The van der Waals surface area contributed by atoms with Crippen LogP contribution in [0.3, 0.4) is 0 Å². The van der Waals surface area contributed by atoms with Crippen molar-refractivity contribution in [2.24, 2.45) is 0 Å². The summed E-state index contributed by atoms with van der Waals surface area (Å²) in [5.41, 5.74) is 0. The highest BCUT2D eigenvalue weighted by Gasteiger charge is 2.33. The first-order chi connectivity index (χ1) is 7.90. The molecule has 0 bridgehead atoms. The molecule has 0 aliphatic carbocycles. The first kappa shape index (κ1) is 14.0. The van der Waals surface area contributed by atoms with Gasteiger partial charge in [-0.05, 0) is 12.2 Å². The van der Waals surface area contributed by atoms with Crippen molar-refractivity contribution in [3.05, 3.63) is 10.6 Å². The number of rotatable bonds is 5. The van der Waals surface area contributed by atoms with E-state index in [1.165, 1.54) is 0 Å². The summed E-state index contributed by atoms with van der Waals surface area (Å²) < 4.78 is 0.838. The smallest absolute Gasteiger partial charge is 0.214 e. The molecule has 0 saturated heterocycles. The molecule has 98 valence electrons. The Labute approximate surface area is 101 Å². The minimum absolute atomic E-state index is 0.0171. The summed E-state index contributed by atoms with van der Waals surface area (Å²) >= 11 is 4.70. The van der Waals surface area contributed by atoms with Gasteiger partial charge < -0.3 is 31.4 Å². The maximum Gasteiger partial charge on any atom is 0.214 e. The summed E-state index contributed by atoms with van der Waals surface area (Å²) in [6.07, 6.45) is -6.78. The fraction of sp³-hybridized carbons (Fsp3) is 0.714. The van der Waals surface area contributed by atoms with E-state index in [9.17, 15) is 15.3 Å². The number of H-pyrrole nitrogens is 1. The molecule has 1 aromatic rings. The average Bonchev–Trinajstić information content (AvgIpc) is 2.66. The Morgan fingerprint density at radius 1 is 1.29 bits per heavy atom. The molecule has 9 nitrogen and oxygen atoms in total. The van der Waals surface area contributed by atoms with Crippen LogP contribution in [0.4, 0.5) is 0 Å². The van der Waals surface area contributed by atoms with Gasteiger partial charge in [0.05, 0.1) is 6.61 Å². The molecule has 8 N–H and O–H groups in total. The molecule has 1 rings (SSSR count). The third-order valence-corrected chi connectivity index (χ3v) is 2.54. The van der Waals surface area contributed by atoms with E-state index in [1.54, 1.807) is 0 Å². The predicted molar refractivity (Wildman–Crippen MR) is 57.6 cm³/mol. The van der Waals surface area contributed by atoms with Crippen molar-refractivity contribution < 1.29 is 25.5 Å². The lowest BCUT2D eigenvalue weighted by atomic mass is 10.0. The van der Waals surface area contributed by atoms with Crippen LogP contribution in [0.25, 0.3) is 0 Å². The number of nitrogen functional groups attached to an aromatic ring is 1. The Hall–Kier alpha value is -1.04. The summed E-state index contributed by atoms with van der Waals surface area (Å²) in [5.74, 6) is 5.20. The zero-order chi connectivity index (χ0) is 13.2. The molecule has 0 unspecified atom stereocenters. The van der Waals surface area contributed by atoms with Gasteiger partial charge in [-0.2, -0.15) is 5.10 Å². The second kappa shape index (κ2) is 5.53. The molecule has 0 aliphatic rings. The molecule has 4 atom stereocenters. The number of aromatic nitrogens is 3. The molecule has 17 heavy (non-hydrogen) atoms. The summed E-state index contributed by atoms with van der Waals surface area (Å²) in [4.78, 5) is 0. The fourth-order valence-electron chi connectivity index (χ4n) is 1.20. The number of nitrogens with two attached hydrogens (primary N) is 1. The number of aliphatic hydroxyl groups excluding tert-OH is 5. The van der Waals surface area contributed by atoms with E-state index < -0.39 is 31.0 Å². The lowest BCUT2D eigenvalue weighted by Gasteiger charge is -2.24. The second-order valence-electron chi connectivity index (χ2n) is 3.43. The SMILES string of the molecule is Nn1c([C@H](O)[C@@H](O)[C@@H](O)[C@H](O)CO)n[nH]c1=S. The number of aromatic amines is 1. The minimum atomic E-state index is -1.77. The van der Waals surface area contributed by atoms with Crippen LogP contribution in [0, 0.1) is 4.77 Å². The van der Waals surface area contributed by atoms with Crippen molar-refractivity contribution in [1.29, 1.82) is 0 Å². The molecule has 1 heterocycles. The largest absolute Gasteiger partial charge is 0.394 e. The van der Waals surface area contributed by atoms with Crippen LogP contribution < -0.4 is 5.84 Å². The van der Waals surface area contributed by atoms with Crippen LogP contribution >= 0.6 is 12.2 Å². The van der Waals surface area contributed by atoms with E-state index in [4.69, 9.17) is 28.3 Å². The number of nitrogens with zero attached hydrogens (tertiary/aromatic N) is 2. The van der Waals surface area contributed by atoms with Gasteiger partial charge >= 0.3 is 0 Å². The van der Waals surface area contributed by atoms with Crippen LogP contribution in [-0.4, -0.2) is 65.3 Å². The second-order valence-corrected chi connectivity index (χ2v) is 3.82. The third-order valence-electron chi connectivity index (χ3n) is 2.25. The van der Waals surface area contributed by atoms with Crippen LogP contribution in [-0.2, 0) is 0 Å². The predicted octanol–water partition coefficient (Wildman–Crippen LogP) is -3.24. The standard InChI is InChI=1S/C7H14N4O5S/c8-11-6(9-10-7(11)17)5(16)4(15)3(14)2(13)1-12/h2-5,12-16H,1,8H2,(H,10,17)/t2-,3+,4+,5-/m1/s1. The van der Waals surface area contributed by atoms with Crippen LogP contribution in [0.5, 0.6) is 0 Å². The van der Waals surface area contributed by atoms with E-state index in [0.717, 1.165) is 4.68 Å². The van der Waals surface area contributed by atoms with E-state index in [0.29, 0.717) is 0 Å². The minimum Gasteiger partial charge on any atom is -0.394 e. The number of hydrogen-bond donors (Lipinski definition) is 7. The molecule has 0 aromatic carbocycles. The molecule has 1 aromatic heterocycles. The van der Waals surface area contributed by atoms with Crippen LogP contribution in [0.2, 0.25) is 0 Å². The molecule has 0 radical (unpaired) electrons. The maximum absolute atomic E-state index is 9.67. The molecule has 0 saturated carbocycles. The van der Waals surface area contributed by atoms with E-state index in [-0.39, 0.29) is 10.6 Å². The average molecular weight is 266 g/mol. The van der Waals surface area contributed by atoms with E-state index in [1.807, 2.05) is 0 Å². The summed E-state index contributed by atoms with van der Waals surface area (Å²) in [7, 11) is 0. The molecule has 0 spiro atoms. The highest BCUT2D eigenvalue weighted by atomic mass is 32.1. The van der Waals surface area contributed by atoms with Crippen molar-refractivity contribution in [1.82, 2.24) is 14.9 Å². The Morgan fingerprint density at radius 2 is 1.88 bits per heavy atom. The Bertz CT molecular complexity index is 421. The summed E-state index contributed by atoms with van der Waals surface area (Å²) in [5, 5.41) is 52.1. The number of aliphatic hydroxyl groups is 5. The van der Waals surface area contributed by atoms with Crippen molar-refractivity contribution in [2.45, 2.75) is 24.4 Å². The Morgan fingerprint density at radius 3 is 2.29 bits per heavy atom. The molecule has 0 fully saturated rings.